The van der Waals surface area contributed by atoms with Crippen molar-refractivity contribution in [2.75, 3.05) is 5.32 Å². The maximum atomic E-state index is 12.9. The second-order valence-electron chi connectivity index (χ2n) is 7.34. The average Bonchev–Trinajstić information content (AvgIpc) is 3.43. The molecule has 0 spiro atoms. The number of azo groups is 1. The number of hydrogen-bond acceptors (Lipinski definition) is 5. The summed E-state index contributed by atoms with van der Waals surface area (Å²) in [5.41, 5.74) is -0.334. The Kier molecular flexibility index (Phi) is 6.82. The fourth-order valence-corrected chi connectivity index (χ4v) is 3.47. The van der Waals surface area contributed by atoms with Crippen LogP contribution in [0.25, 0.3) is 10.9 Å². The molecular formula is C23H18F3N5O3S. The lowest BCUT2D eigenvalue weighted by atomic mass is 10.2. The molecule has 4 rings (SSSR count). The molecule has 0 unspecified atom stereocenters. The van der Waals surface area contributed by atoms with Crippen LogP contribution in [0.3, 0.4) is 0 Å². The minimum atomic E-state index is -4.54. The molecule has 2 heterocycles. The first-order valence-electron chi connectivity index (χ1n) is 10.2. The van der Waals surface area contributed by atoms with Gasteiger partial charge in [0.05, 0.1) is 23.9 Å². The predicted molar refractivity (Wildman–Crippen MR) is 126 cm³/mol. The van der Waals surface area contributed by atoms with E-state index in [9.17, 15) is 23.1 Å². The third-order valence-corrected chi connectivity index (χ3v) is 5.15. The number of aromatic hydroxyl groups is 1. The summed E-state index contributed by atoms with van der Waals surface area (Å²) >= 11 is 5.13. The molecule has 0 radical (unpaired) electrons. The molecule has 2 aromatic carbocycles. The third kappa shape index (κ3) is 5.66. The van der Waals surface area contributed by atoms with Gasteiger partial charge in [-0.15, -0.1) is 10.2 Å². The summed E-state index contributed by atoms with van der Waals surface area (Å²) in [6, 6.07) is 14.6. The number of anilines is 1. The monoisotopic (exact) mass is 501 g/mol. The van der Waals surface area contributed by atoms with Crippen molar-refractivity contribution in [1.29, 1.82) is 0 Å². The molecule has 1 amide bonds. The molecule has 0 atom stereocenters. The van der Waals surface area contributed by atoms with E-state index in [0.717, 1.165) is 12.1 Å². The number of aromatic nitrogens is 1. The van der Waals surface area contributed by atoms with E-state index < -0.39 is 17.6 Å². The Balaban J connectivity index is 1.52. The number of hydrogen-bond donors (Lipinski definition) is 3. The number of furan rings is 1. The number of amides is 1. The van der Waals surface area contributed by atoms with E-state index >= 15 is 0 Å². The smallest absolute Gasteiger partial charge is 0.416 e. The molecule has 35 heavy (non-hydrogen) atoms. The number of carbonyl (C=O) groups excluding carboxylic acids is 1. The van der Waals surface area contributed by atoms with E-state index in [1.54, 1.807) is 36.4 Å². The van der Waals surface area contributed by atoms with E-state index in [0.29, 0.717) is 23.2 Å². The number of para-hydroxylation sites is 1. The minimum Gasteiger partial charge on any atom is -0.493 e. The number of fused-ring (bicyclic) bond motifs is 1. The molecule has 3 N–H and O–H groups in total. The fourth-order valence-electron chi connectivity index (χ4n) is 3.35. The summed E-state index contributed by atoms with van der Waals surface area (Å²) in [6.07, 6.45) is -3.01. The first kappa shape index (κ1) is 24.0. The molecule has 0 aliphatic carbocycles. The zero-order chi connectivity index (χ0) is 25.0. The average molecular weight is 501 g/mol. The van der Waals surface area contributed by atoms with Crippen LogP contribution in [0.2, 0.25) is 0 Å². The third-order valence-electron chi connectivity index (χ3n) is 4.93. The first-order chi connectivity index (χ1) is 16.7. The van der Waals surface area contributed by atoms with Gasteiger partial charge in [-0.1, -0.05) is 24.3 Å². The van der Waals surface area contributed by atoms with Gasteiger partial charge in [-0.2, -0.15) is 13.2 Å². The molecule has 0 bridgehead atoms. The van der Waals surface area contributed by atoms with Crippen LogP contribution in [-0.4, -0.2) is 20.7 Å². The second kappa shape index (κ2) is 9.97. The number of thiocarbonyl (C=S) groups is 1. The molecule has 0 aliphatic rings. The Bertz CT molecular complexity index is 1400. The maximum absolute atomic E-state index is 12.9. The van der Waals surface area contributed by atoms with Crippen molar-refractivity contribution in [2.45, 2.75) is 19.3 Å². The van der Waals surface area contributed by atoms with Crippen LogP contribution in [-0.2, 0) is 24.1 Å². The Morgan fingerprint density at radius 1 is 1.11 bits per heavy atom. The maximum Gasteiger partial charge on any atom is 0.416 e. The molecular weight excluding hydrogens is 483 g/mol. The molecule has 12 heteroatoms. The number of nitrogens with zero attached hydrogens (tertiary/aromatic N) is 3. The highest BCUT2D eigenvalue weighted by atomic mass is 32.1. The van der Waals surface area contributed by atoms with Crippen LogP contribution in [0.1, 0.15) is 11.3 Å². The van der Waals surface area contributed by atoms with E-state index in [1.807, 2.05) is 0 Å². The SMILES string of the molecule is O=C(Cn1c(O)c(N=NC(=S)NCc2ccco2)c2ccccc21)Nc1cccc(C(F)(F)F)c1. The van der Waals surface area contributed by atoms with Crippen LogP contribution in [0.15, 0.2) is 81.6 Å². The summed E-state index contributed by atoms with van der Waals surface area (Å²) in [5, 5.41) is 24.6. The summed E-state index contributed by atoms with van der Waals surface area (Å²) in [5.74, 6) is -0.337. The van der Waals surface area contributed by atoms with E-state index in [1.165, 1.54) is 23.0 Å². The van der Waals surface area contributed by atoms with Gasteiger partial charge in [-0.25, -0.2) is 0 Å². The van der Waals surface area contributed by atoms with Crippen LogP contribution >= 0.6 is 12.2 Å². The highest BCUT2D eigenvalue weighted by Gasteiger charge is 2.30. The van der Waals surface area contributed by atoms with Crippen molar-refractivity contribution in [3.05, 3.63) is 78.3 Å². The Morgan fingerprint density at radius 3 is 2.66 bits per heavy atom. The summed E-state index contributed by atoms with van der Waals surface area (Å²) in [4.78, 5) is 12.6. The van der Waals surface area contributed by atoms with Gasteiger partial charge < -0.3 is 24.7 Å². The van der Waals surface area contributed by atoms with Crippen molar-refractivity contribution in [2.24, 2.45) is 10.2 Å². The second-order valence-corrected chi connectivity index (χ2v) is 7.73. The van der Waals surface area contributed by atoms with Gasteiger partial charge >= 0.3 is 6.18 Å². The largest absolute Gasteiger partial charge is 0.493 e. The van der Waals surface area contributed by atoms with Crippen molar-refractivity contribution >= 4 is 45.5 Å². The number of alkyl halides is 3. The number of benzene rings is 2. The minimum absolute atomic E-state index is 0.0198. The van der Waals surface area contributed by atoms with Crippen LogP contribution in [0.5, 0.6) is 5.88 Å². The van der Waals surface area contributed by atoms with E-state index in [2.05, 4.69) is 20.9 Å². The van der Waals surface area contributed by atoms with Gasteiger partial charge in [-0.05, 0) is 48.6 Å². The highest BCUT2D eigenvalue weighted by Crippen LogP contribution is 2.39. The first-order valence-corrected chi connectivity index (χ1v) is 10.6. The van der Waals surface area contributed by atoms with Gasteiger partial charge in [-0.3, -0.25) is 4.79 Å². The molecule has 0 aliphatic heterocycles. The standard InChI is InChI=1S/C23H18F3N5O3S/c24-23(25,26)14-5-3-6-15(11-14)28-19(32)13-31-18-9-2-1-8-17(18)20(21(31)33)29-30-22(35)27-12-16-7-4-10-34-16/h1-11,33H,12-13H2,(H,27,35)(H,28,32). The van der Waals surface area contributed by atoms with Gasteiger partial charge in [0, 0.05) is 11.1 Å². The van der Waals surface area contributed by atoms with Crippen LogP contribution in [0, 0.1) is 0 Å². The van der Waals surface area contributed by atoms with Crippen molar-refractivity contribution in [1.82, 2.24) is 9.88 Å². The number of rotatable bonds is 6. The number of nitrogens with one attached hydrogen (secondary N) is 2. The number of halogens is 3. The molecule has 4 aromatic rings. The Hall–Kier alpha value is -4.19. The fraction of sp³-hybridized carbons (Fsp3) is 0.130. The summed E-state index contributed by atoms with van der Waals surface area (Å²) < 4.78 is 45.3. The molecule has 2 aromatic heterocycles. The summed E-state index contributed by atoms with van der Waals surface area (Å²) in [6.45, 7) is -0.0758. The molecule has 0 fully saturated rings. The zero-order valence-electron chi connectivity index (χ0n) is 17.9. The molecule has 8 nitrogen and oxygen atoms in total. The van der Waals surface area contributed by atoms with Crippen LogP contribution < -0.4 is 10.6 Å². The number of carbonyl (C=O) groups is 1. The predicted octanol–water partition coefficient (Wildman–Crippen LogP) is 5.76. The van der Waals surface area contributed by atoms with Gasteiger partial charge in [0.15, 0.2) is 5.69 Å². The lowest BCUT2D eigenvalue weighted by molar-refractivity contribution is -0.137. The highest BCUT2D eigenvalue weighted by molar-refractivity contribution is 7.80. The van der Waals surface area contributed by atoms with Gasteiger partial charge in [0.1, 0.15) is 12.3 Å². The lowest BCUT2D eigenvalue weighted by Crippen LogP contribution is -2.19. The lowest BCUT2D eigenvalue weighted by Gasteiger charge is -2.11. The molecule has 0 saturated heterocycles. The van der Waals surface area contributed by atoms with E-state index in [-0.39, 0.29) is 28.9 Å². The molecule has 0 saturated carbocycles. The van der Waals surface area contributed by atoms with Crippen molar-refractivity contribution < 1.29 is 27.5 Å². The van der Waals surface area contributed by atoms with E-state index in [4.69, 9.17) is 16.6 Å². The zero-order valence-corrected chi connectivity index (χ0v) is 18.7. The normalized spacial score (nSPS) is 11.7. The van der Waals surface area contributed by atoms with Crippen molar-refractivity contribution in [3.8, 4) is 5.88 Å². The van der Waals surface area contributed by atoms with Crippen molar-refractivity contribution in [3.63, 3.8) is 0 Å². The topological polar surface area (TPSA) is 104 Å². The quantitative estimate of drug-likeness (QED) is 0.230. The van der Waals surface area contributed by atoms with Crippen LogP contribution in [0.4, 0.5) is 24.5 Å². The Labute approximate surface area is 202 Å². The van der Waals surface area contributed by atoms with Gasteiger partial charge in [0.25, 0.3) is 0 Å². The summed E-state index contributed by atoms with van der Waals surface area (Å²) in [7, 11) is 0. The Morgan fingerprint density at radius 2 is 1.91 bits per heavy atom. The molecule has 180 valence electrons. The van der Waals surface area contributed by atoms with Gasteiger partial charge in [0.2, 0.25) is 16.9 Å².